The number of hydrogen-bond acceptors (Lipinski definition) is 3. The van der Waals surface area contributed by atoms with Gasteiger partial charge in [0.05, 0.1) is 5.69 Å². The van der Waals surface area contributed by atoms with E-state index in [9.17, 15) is 8.42 Å². The summed E-state index contributed by atoms with van der Waals surface area (Å²) in [6.45, 7) is 6.58. The third kappa shape index (κ3) is 3.05. The van der Waals surface area contributed by atoms with E-state index in [1.165, 1.54) is 4.68 Å². The Morgan fingerprint density at radius 2 is 2.12 bits per heavy atom. The van der Waals surface area contributed by atoms with Gasteiger partial charge >= 0.3 is 0 Å². The summed E-state index contributed by atoms with van der Waals surface area (Å²) in [6, 6.07) is 1.57. The molecule has 0 spiro atoms. The third-order valence-electron chi connectivity index (χ3n) is 2.37. The second kappa shape index (κ2) is 4.97. The number of aromatic nitrogens is 2. The van der Waals surface area contributed by atoms with E-state index in [-0.39, 0.29) is 10.9 Å². The minimum atomic E-state index is -3.68. The molecule has 0 saturated heterocycles. The molecule has 0 saturated carbocycles. The van der Waals surface area contributed by atoms with Crippen molar-refractivity contribution in [2.45, 2.75) is 51.1 Å². The highest BCUT2D eigenvalue weighted by molar-refractivity contribution is 7.89. The first-order valence-electron chi connectivity index (χ1n) is 5.46. The van der Waals surface area contributed by atoms with E-state index < -0.39 is 10.0 Å². The van der Waals surface area contributed by atoms with E-state index in [1.807, 2.05) is 20.8 Å². The number of aryl methyl sites for hydroxylation is 1. The largest absolute Gasteiger partial charge is 0.255 e. The van der Waals surface area contributed by atoms with Gasteiger partial charge in [0.15, 0.2) is 5.03 Å². The van der Waals surface area contributed by atoms with Gasteiger partial charge in [-0.2, -0.15) is 5.10 Å². The van der Waals surface area contributed by atoms with Crippen molar-refractivity contribution < 1.29 is 8.42 Å². The van der Waals surface area contributed by atoms with Crippen molar-refractivity contribution in [2.75, 3.05) is 0 Å². The van der Waals surface area contributed by atoms with Crippen LogP contribution in [0.25, 0.3) is 0 Å². The predicted molar refractivity (Wildman–Crippen MR) is 62.6 cm³/mol. The molecule has 1 heterocycles. The molecule has 0 radical (unpaired) electrons. The van der Waals surface area contributed by atoms with Crippen molar-refractivity contribution in [2.24, 2.45) is 5.14 Å². The molecular weight excluding hydrogens is 226 g/mol. The maximum absolute atomic E-state index is 11.4. The van der Waals surface area contributed by atoms with E-state index in [4.69, 9.17) is 5.14 Å². The van der Waals surface area contributed by atoms with Crippen molar-refractivity contribution in [1.82, 2.24) is 9.78 Å². The standard InChI is InChI=1S/C10H19N3O2S/c1-4-5-6-13-10(16(11,14)15)7-9(12-13)8(2)3/h7-8H,4-6H2,1-3H3,(H2,11,14,15). The minimum absolute atomic E-state index is 0.115. The van der Waals surface area contributed by atoms with E-state index in [0.29, 0.717) is 6.54 Å². The van der Waals surface area contributed by atoms with E-state index in [1.54, 1.807) is 6.07 Å². The first kappa shape index (κ1) is 13.2. The number of sulfonamides is 1. The highest BCUT2D eigenvalue weighted by atomic mass is 32.2. The van der Waals surface area contributed by atoms with Gasteiger partial charge in [-0.3, -0.25) is 4.68 Å². The Kier molecular flexibility index (Phi) is 4.09. The molecule has 1 rings (SSSR count). The van der Waals surface area contributed by atoms with Crippen LogP contribution in [-0.4, -0.2) is 18.2 Å². The zero-order valence-corrected chi connectivity index (χ0v) is 10.8. The first-order chi connectivity index (χ1) is 7.36. The highest BCUT2D eigenvalue weighted by Gasteiger charge is 2.18. The SMILES string of the molecule is CCCCn1nc(C(C)C)cc1S(N)(=O)=O. The fraction of sp³-hybridized carbons (Fsp3) is 0.700. The second-order valence-electron chi connectivity index (χ2n) is 4.18. The van der Waals surface area contributed by atoms with Gasteiger partial charge in [0.2, 0.25) is 0 Å². The Balaban J connectivity index is 3.13. The Bertz CT molecular complexity index is 449. The molecule has 16 heavy (non-hydrogen) atoms. The zero-order chi connectivity index (χ0) is 12.3. The molecule has 0 aliphatic rings. The topological polar surface area (TPSA) is 78.0 Å². The first-order valence-corrected chi connectivity index (χ1v) is 7.01. The van der Waals surface area contributed by atoms with Crippen LogP contribution in [0.15, 0.2) is 11.1 Å². The van der Waals surface area contributed by atoms with Gasteiger partial charge in [-0.1, -0.05) is 27.2 Å². The molecular formula is C10H19N3O2S. The van der Waals surface area contributed by atoms with Crippen LogP contribution in [-0.2, 0) is 16.6 Å². The summed E-state index contributed by atoms with van der Waals surface area (Å²) in [5.74, 6) is 0.198. The monoisotopic (exact) mass is 245 g/mol. The smallest absolute Gasteiger partial charge is 0.253 e. The summed E-state index contributed by atoms with van der Waals surface area (Å²) < 4.78 is 24.2. The maximum Gasteiger partial charge on any atom is 0.255 e. The third-order valence-corrected chi connectivity index (χ3v) is 3.28. The molecule has 0 atom stereocenters. The molecule has 0 aliphatic carbocycles. The molecule has 6 heteroatoms. The van der Waals surface area contributed by atoms with Gasteiger partial charge in [-0.25, -0.2) is 13.6 Å². The molecule has 0 unspecified atom stereocenters. The number of rotatable bonds is 5. The number of hydrogen-bond donors (Lipinski definition) is 1. The van der Waals surface area contributed by atoms with Gasteiger partial charge in [0, 0.05) is 12.6 Å². The number of primary sulfonamides is 1. The van der Waals surface area contributed by atoms with Crippen LogP contribution in [0, 0.1) is 0 Å². The van der Waals surface area contributed by atoms with Crippen molar-refractivity contribution in [3.05, 3.63) is 11.8 Å². The summed E-state index contributed by atoms with van der Waals surface area (Å²) in [5.41, 5.74) is 0.764. The average molecular weight is 245 g/mol. The van der Waals surface area contributed by atoms with E-state index in [2.05, 4.69) is 5.10 Å². The lowest BCUT2D eigenvalue weighted by atomic mass is 10.1. The van der Waals surface area contributed by atoms with Crippen molar-refractivity contribution in [3.8, 4) is 0 Å². The molecule has 0 bridgehead atoms. The Morgan fingerprint density at radius 1 is 1.50 bits per heavy atom. The number of nitrogens with two attached hydrogens (primary N) is 1. The summed E-state index contributed by atoms with van der Waals surface area (Å²) in [5, 5.41) is 9.54. The summed E-state index contributed by atoms with van der Waals surface area (Å²) in [6.07, 6.45) is 1.88. The molecule has 5 nitrogen and oxygen atoms in total. The molecule has 0 aliphatic heterocycles. The molecule has 1 aromatic rings. The zero-order valence-electron chi connectivity index (χ0n) is 9.97. The fourth-order valence-corrected chi connectivity index (χ4v) is 2.11. The normalized spacial score (nSPS) is 12.3. The van der Waals surface area contributed by atoms with Crippen LogP contribution >= 0.6 is 0 Å². The average Bonchev–Trinajstić information content (AvgIpc) is 2.57. The van der Waals surface area contributed by atoms with Gasteiger partial charge in [-0.05, 0) is 12.3 Å². The molecule has 1 aromatic heterocycles. The minimum Gasteiger partial charge on any atom is -0.253 e. The van der Waals surface area contributed by atoms with Crippen LogP contribution in [0.3, 0.4) is 0 Å². The van der Waals surface area contributed by atoms with Gasteiger partial charge < -0.3 is 0 Å². The van der Waals surface area contributed by atoms with Crippen LogP contribution in [0.5, 0.6) is 0 Å². The Morgan fingerprint density at radius 3 is 2.56 bits per heavy atom. The van der Waals surface area contributed by atoms with Gasteiger partial charge in [0.25, 0.3) is 10.0 Å². The molecule has 2 N–H and O–H groups in total. The van der Waals surface area contributed by atoms with Crippen molar-refractivity contribution in [3.63, 3.8) is 0 Å². The lowest BCUT2D eigenvalue weighted by Gasteiger charge is -2.04. The summed E-state index contributed by atoms with van der Waals surface area (Å²) >= 11 is 0. The van der Waals surface area contributed by atoms with Crippen LogP contribution in [0.1, 0.15) is 45.2 Å². The van der Waals surface area contributed by atoms with Gasteiger partial charge in [-0.15, -0.1) is 0 Å². The second-order valence-corrected chi connectivity index (χ2v) is 5.69. The van der Waals surface area contributed by atoms with Gasteiger partial charge in [0.1, 0.15) is 0 Å². The molecule has 92 valence electrons. The predicted octanol–water partition coefficient (Wildman–Crippen LogP) is 1.45. The maximum atomic E-state index is 11.4. The van der Waals surface area contributed by atoms with E-state index >= 15 is 0 Å². The molecule has 0 amide bonds. The van der Waals surface area contributed by atoms with Crippen LogP contribution in [0.2, 0.25) is 0 Å². The van der Waals surface area contributed by atoms with Crippen LogP contribution in [0.4, 0.5) is 0 Å². The van der Waals surface area contributed by atoms with E-state index in [0.717, 1.165) is 18.5 Å². The van der Waals surface area contributed by atoms with Crippen LogP contribution < -0.4 is 5.14 Å². The quantitative estimate of drug-likeness (QED) is 0.853. The lowest BCUT2D eigenvalue weighted by Crippen LogP contribution is -2.18. The van der Waals surface area contributed by atoms with Crippen molar-refractivity contribution >= 4 is 10.0 Å². The lowest BCUT2D eigenvalue weighted by molar-refractivity contribution is 0.509. The summed E-state index contributed by atoms with van der Waals surface area (Å²) in [7, 11) is -3.68. The summed E-state index contributed by atoms with van der Waals surface area (Å²) in [4.78, 5) is 0. The molecule has 0 fully saturated rings. The number of nitrogens with zero attached hydrogens (tertiary/aromatic N) is 2. The number of unbranched alkanes of at least 4 members (excludes halogenated alkanes) is 1. The highest BCUT2D eigenvalue weighted by Crippen LogP contribution is 2.17. The fourth-order valence-electron chi connectivity index (χ4n) is 1.40. The molecule has 0 aromatic carbocycles. The Labute approximate surface area is 96.7 Å². The van der Waals surface area contributed by atoms with Crippen molar-refractivity contribution in [1.29, 1.82) is 0 Å². The Hall–Kier alpha value is -0.880.